The number of benzene rings is 1. The molecule has 2 N–H and O–H groups in total. The highest BCUT2D eigenvalue weighted by Crippen LogP contribution is 2.24. The lowest BCUT2D eigenvalue weighted by Crippen LogP contribution is -2.25. The Balaban J connectivity index is 2.37. The fraction of sp³-hybridized carbons (Fsp3) is 0.375. The van der Waals surface area contributed by atoms with Crippen LogP contribution >= 0.6 is 0 Å². The molecule has 0 unspecified atom stereocenters. The predicted octanol–water partition coefficient (Wildman–Crippen LogP) is 2.17. The molecular weight excluding hydrogens is 250 g/mol. The number of hydrogen-bond acceptors (Lipinski definition) is 3. The quantitative estimate of drug-likeness (QED) is 0.930. The van der Waals surface area contributed by atoms with Gasteiger partial charge in [-0.05, 0) is 17.0 Å². The maximum atomic E-state index is 11.6. The first-order valence-electron chi connectivity index (χ1n) is 6.81. The van der Waals surface area contributed by atoms with E-state index in [1.807, 2.05) is 12.1 Å². The van der Waals surface area contributed by atoms with E-state index in [1.165, 1.54) is 16.3 Å². The van der Waals surface area contributed by atoms with E-state index in [4.69, 9.17) is 5.73 Å². The highest BCUT2D eigenvalue weighted by molar-refractivity contribution is 5.58. The maximum absolute atomic E-state index is 11.6. The van der Waals surface area contributed by atoms with Crippen molar-refractivity contribution in [2.75, 3.05) is 6.54 Å². The molecule has 1 aromatic carbocycles. The summed E-state index contributed by atoms with van der Waals surface area (Å²) in [4.78, 5) is 11.6. The normalized spacial score (nSPS) is 11.6. The molecule has 0 amide bonds. The summed E-state index contributed by atoms with van der Waals surface area (Å²) in [6.07, 6.45) is 0. The first-order valence-corrected chi connectivity index (χ1v) is 6.81. The average molecular weight is 271 g/mol. The monoisotopic (exact) mass is 271 g/mol. The van der Waals surface area contributed by atoms with Gasteiger partial charge in [0.2, 0.25) is 0 Å². The van der Waals surface area contributed by atoms with E-state index in [2.05, 4.69) is 38.0 Å². The molecule has 1 aromatic heterocycles. The van der Waals surface area contributed by atoms with Gasteiger partial charge >= 0.3 is 0 Å². The Kier molecular flexibility index (Phi) is 4.04. The number of nitrogens with zero attached hydrogens (tertiary/aromatic N) is 2. The fourth-order valence-electron chi connectivity index (χ4n) is 2.03. The Hall–Kier alpha value is -1.94. The molecule has 20 heavy (non-hydrogen) atoms. The van der Waals surface area contributed by atoms with Crippen LogP contribution in [0.5, 0.6) is 0 Å². The maximum Gasteiger partial charge on any atom is 0.266 e. The minimum absolute atomic E-state index is 0.120. The van der Waals surface area contributed by atoms with Crippen molar-refractivity contribution in [2.24, 2.45) is 5.73 Å². The molecule has 4 nitrogen and oxygen atoms in total. The van der Waals surface area contributed by atoms with Crippen molar-refractivity contribution in [2.45, 2.75) is 32.7 Å². The number of hydrogen-bond donors (Lipinski definition) is 1. The van der Waals surface area contributed by atoms with Gasteiger partial charge in [-0.15, -0.1) is 0 Å². The summed E-state index contributed by atoms with van der Waals surface area (Å²) in [6.45, 7) is 7.39. The molecule has 0 aliphatic heterocycles. The lowest BCUT2D eigenvalue weighted by molar-refractivity contribution is 0.588. The van der Waals surface area contributed by atoms with Crippen molar-refractivity contribution < 1.29 is 0 Å². The van der Waals surface area contributed by atoms with Crippen LogP contribution in [-0.4, -0.2) is 16.3 Å². The Morgan fingerprint density at radius 3 is 2.30 bits per heavy atom. The zero-order valence-electron chi connectivity index (χ0n) is 12.3. The number of aromatic nitrogens is 2. The van der Waals surface area contributed by atoms with Crippen LogP contribution in [-0.2, 0) is 12.0 Å². The van der Waals surface area contributed by atoms with Crippen LogP contribution in [0.25, 0.3) is 11.3 Å². The van der Waals surface area contributed by atoms with Crippen LogP contribution in [0.15, 0.2) is 41.2 Å². The molecule has 0 aliphatic rings. The fourth-order valence-corrected chi connectivity index (χ4v) is 2.03. The molecular formula is C16H21N3O. The second kappa shape index (κ2) is 5.59. The van der Waals surface area contributed by atoms with Crippen molar-refractivity contribution in [3.05, 3.63) is 52.3 Å². The second-order valence-electron chi connectivity index (χ2n) is 5.90. The third kappa shape index (κ3) is 3.14. The van der Waals surface area contributed by atoms with E-state index >= 15 is 0 Å². The first-order chi connectivity index (χ1) is 9.41. The van der Waals surface area contributed by atoms with Crippen LogP contribution in [0.4, 0.5) is 0 Å². The molecule has 0 spiro atoms. The van der Waals surface area contributed by atoms with Gasteiger partial charge in [0.05, 0.1) is 12.2 Å². The summed E-state index contributed by atoms with van der Waals surface area (Å²) in [5, 5.41) is 4.35. The Labute approximate surface area is 119 Å². The zero-order valence-corrected chi connectivity index (χ0v) is 12.3. The van der Waals surface area contributed by atoms with Gasteiger partial charge in [0.25, 0.3) is 5.56 Å². The summed E-state index contributed by atoms with van der Waals surface area (Å²) < 4.78 is 1.41. The molecule has 0 saturated heterocycles. The molecule has 106 valence electrons. The van der Waals surface area contributed by atoms with Crippen LogP contribution in [0, 0.1) is 0 Å². The van der Waals surface area contributed by atoms with Crippen LogP contribution in [0.3, 0.4) is 0 Å². The van der Waals surface area contributed by atoms with Gasteiger partial charge in [-0.2, -0.15) is 5.10 Å². The number of nitrogens with two attached hydrogens (primary N) is 1. The van der Waals surface area contributed by atoms with Crippen LogP contribution in [0.1, 0.15) is 26.3 Å². The molecule has 1 heterocycles. The molecule has 0 saturated carbocycles. The zero-order chi connectivity index (χ0) is 14.8. The van der Waals surface area contributed by atoms with E-state index in [0.29, 0.717) is 13.1 Å². The third-order valence-electron chi connectivity index (χ3n) is 3.25. The molecule has 0 radical (unpaired) electrons. The van der Waals surface area contributed by atoms with Gasteiger partial charge in [-0.1, -0.05) is 45.0 Å². The highest BCUT2D eigenvalue weighted by atomic mass is 16.1. The number of rotatable bonds is 3. The van der Waals surface area contributed by atoms with Crippen molar-refractivity contribution in [3.8, 4) is 11.3 Å². The molecule has 0 atom stereocenters. The molecule has 2 rings (SSSR count). The van der Waals surface area contributed by atoms with E-state index in [-0.39, 0.29) is 11.0 Å². The summed E-state index contributed by atoms with van der Waals surface area (Å²) in [6, 6.07) is 11.6. The predicted molar refractivity (Wildman–Crippen MR) is 81.7 cm³/mol. The Bertz CT molecular complexity index is 636. The van der Waals surface area contributed by atoms with Crippen LogP contribution in [0.2, 0.25) is 0 Å². The lowest BCUT2D eigenvalue weighted by atomic mass is 9.86. The van der Waals surface area contributed by atoms with Gasteiger partial charge in [0.1, 0.15) is 0 Å². The van der Waals surface area contributed by atoms with E-state index in [9.17, 15) is 4.79 Å². The molecule has 0 aliphatic carbocycles. The summed E-state index contributed by atoms with van der Waals surface area (Å²) in [5.41, 5.74) is 8.56. The van der Waals surface area contributed by atoms with Gasteiger partial charge in [-0.3, -0.25) is 4.79 Å². The van der Waals surface area contributed by atoms with E-state index in [1.54, 1.807) is 6.07 Å². The van der Waals surface area contributed by atoms with E-state index < -0.39 is 0 Å². The van der Waals surface area contributed by atoms with Gasteiger partial charge < -0.3 is 5.73 Å². The highest BCUT2D eigenvalue weighted by Gasteiger charge is 2.13. The lowest BCUT2D eigenvalue weighted by Gasteiger charge is -2.19. The largest absolute Gasteiger partial charge is 0.329 e. The summed E-state index contributed by atoms with van der Waals surface area (Å²) in [7, 11) is 0. The van der Waals surface area contributed by atoms with Gasteiger partial charge in [0, 0.05) is 18.2 Å². The van der Waals surface area contributed by atoms with Crippen molar-refractivity contribution in [1.29, 1.82) is 0 Å². The first kappa shape index (κ1) is 14.5. The summed E-state index contributed by atoms with van der Waals surface area (Å²) >= 11 is 0. The average Bonchev–Trinajstić information content (AvgIpc) is 2.41. The Morgan fingerprint density at radius 1 is 1.10 bits per heavy atom. The minimum atomic E-state index is -0.120. The van der Waals surface area contributed by atoms with E-state index in [0.717, 1.165) is 11.3 Å². The SMILES string of the molecule is CC(C)(C)c1ccc(-c2ccc(=O)n(CCN)n2)cc1. The minimum Gasteiger partial charge on any atom is -0.329 e. The molecule has 0 fully saturated rings. The Morgan fingerprint density at radius 2 is 1.75 bits per heavy atom. The topological polar surface area (TPSA) is 60.9 Å². The molecule has 2 aromatic rings. The molecule has 0 bridgehead atoms. The van der Waals surface area contributed by atoms with Crippen LogP contribution < -0.4 is 11.3 Å². The third-order valence-corrected chi connectivity index (χ3v) is 3.25. The van der Waals surface area contributed by atoms with Gasteiger partial charge in [0.15, 0.2) is 0 Å². The van der Waals surface area contributed by atoms with Crippen molar-refractivity contribution in [1.82, 2.24) is 9.78 Å². The summed E-state index contributed by atoms with van der Waals surface area (Å²) in [5.74, 6) is 0. The van der Waals surface area contributed by atoms with Crippen molar-refractivity contribution in [3.63, 3.8) is 0 Å². The molecule has 4 heteroatoms. The smallest absolute Gasteiger partial charge is 0.266 e. The second-order valence-corrected chi connectivity index (χ2v) is 5.90. The standard InChI is InChI=1S/C16H21N3O/c1-16(2,3)13-6-4-12(5-7-13)14-8-9-15(20)19(18-14)11-10-17/h4-9H,10-11,17H2,1-3H3. The van der Waals surface area contributed by atoms with Crippen molar-refractivity contribution >= 4 is 0 Å². The van der Waals surface area contributed by atoms with Gasteiger partial charge in [-0.25, -0.2) is 4.68 Å².